The van der Waals surface area contributed by atoms with Crippen LogP contribution in [0.25, 0.3) is 0 Å². The average Bonchev–Trinajstić information content (AvgIpc) is 2.37. The summed E-state index contributed by atoms with van der Waals surface area (Å²) < 4.78 is 5.47. The van der Waals surface area contributed by atoms with E-state index in [1.807, 2.05) is 42.5 Å². The molecule has 0 aliphatic rings. The second-order valence-corrected chi connectivity index (χ2v) is 3.81. The van der Waals surface area contributed by atoms with Gasteiger partial charge in [-0.25, -0.2) is 0 Å². The molecular formula is C14H15NO2. The second kappa shape index (κ2) is 5.37. The predicted octanol–water partition coefficient (Wildman–Crippen LogP) is 2.38. The summed E-state index contributed by atoms with van der Waals surface area (Å²) >= 11 is 0. The molecule has 3 nitrogen and oxygen atoms in total. The molecule has 0 aromatic heterocycles. The average molecular weight is 229 g/mol. The van der Waals surface area contributed by atoms with Crippen LogP contribution in [-0.4, -0.2) is 11.7 Å². The zero-order valence-corrected chi connectivity index (χ0v) is 9.41. The molecule has 0 spiro atoms. The normalized spacial score (nSPS) is 12.1. The molecule has 2 aromatic rings. The number of anilines is 1. The summed E-state index contributed by atoms with van der Waals surface area (Å²) in [6.07, 6.45) is -0.627. The fraction of sp³-hybridized carbons (Fsp3) is 0.143. The Hall–Kier alpha value is -2.00. The van der Waals surface area contributed by atoms with Gasteiger partial charge in [0.2, 0.25) is 0 Å². The smallest absolute Gasteiger partial charge is 0.121 e. The van der Waals surface area contributed by atoms with Crippen LogP contribution in [-0.2, 0) is 0 Å². The maximum Gasteiger partial charge on any atom is 0.121 e. The van der Waals surface area contributed by atoms with Gasteiger partial charge >= 0.3 is 0 Å². The number of hydrogen-bond acceptors (Lipinski definition) is 3. The standard InChI is InChI=1S/C14H15NO2/c15-12-7-4-8-13(9-12)17-10-14(16)11-5-2-1-3-6-11/h1-9,14,16H,10,15H2. The number of aliphatic hydroxyl groups excluding tert-OH is 1. The van der Waals surface area contributed by atoms with E-state index in [1.54, 1.807) is 12.1 Å². The summed E-state index contributed by atoms with van der Waals surface area (Å²) in [6, 6.07) is 16.6. The Kier molecular flexibility index (Phi) is 3.62. The molecule has 0 aliphatic carbocycles. The first-order chi connectivity index (χ1) is 8.25. The maximum atomic E-state index is 9.89. The van der Waals surface area contributed by atoms with Crippen molar-refractivity contribution in [2.45, 2.75) is 6.10 Å². The highest BCUT2D eigenvalue weighted by Gasteiger charge is 2.07. The molecular weight excluding hydrogens is 214 g/mol. The number of aliphatic hydroxyl groups is 1. The van der Waals surface area contributed by atoms with Crippen molar-refractivity contribution >= 4 is 5.69 Å². The van der Waals surface area contributed by atoms with Gasteiger partial charge < -0.3 is 15.6 Å². The topological polar surface area (TPSA) is 55.5 Å². The molecule has 0 aliphatic heterocycles. The van der Waals surface area contributed by atoms with Crippen LogP contribution in [0.2, 0.25) is 0 Å². The third kappa shape index (κ3) is 3.23. The van der Waals surface area contributed by atoms with Gasteiger partial charge in [-0.05, 0) is 17.7 Å². The van der Waals surface area contributed by atoms with E-state index in [0.29, 0.717) is 11.4 Å². The summed E-state index contributed by atoms with van der Waals surface area (Å²) in [5, 5.41) is 9.89. The quantitative estimate of drug-likeness (QED) is 0.791. The van der Waals surface area contributed by atoms with Crippen molar-refractivity contribution in [3.05, 3.63) is 60.2 Å². The Balaban J connectivity index is 1.95. The maximum absolute atomic E-state index is 9.89. The third-order valence-corrected chi connectivity index (χ3v) is 2.45. The molecule has 0 saturated heterocycles. The summed E-state index contributed by atoms with van der Waals surface area (Å²) in [7, 11) is 0. The molecule has 0 amide bonds. The van der Waals surface area contributed by atoms with E-state index in [0.717, 1.165) is 5.56 Å². The van der Waals surface area contributed by atoms with Gasteiger partial charge in [-0.1, -0.05) is 36.4 Å². The molecule has 2 rings (SSSR count). The Morgan fingerprint density at radius 2 is 1.82 bits per heavy atom. The minimum atomic E-state index is -0.627. The van der Waals surface area contributed by atoms with Crippen LogP contribution in [0.1, 0.15) is 11.7 Å². The number of nitrogen functional groups attached to an aromatic ring is 1. The molecule has 88 valence electrons. The van der Waals surface area contributed by atoms with Crippen LogP contribution >= 0.6 is 0 Å². The number of ether oxygens (including phenoxy) is 1. The highest BCUT2D eigenvalue weighted by molar-refractivity contribution is 5.43. The highest BCUT2D eigenvalue weighted by atomic mass is 16.5. The SMILES string of the molecule is Nc1cccc(OCC(O)c2ccccc2)c1. The molecule has 0 bridgehead atoms. The molecule has 17 heavy (non-hydrogen) atoms. The van der Waals surface area contributed by atoms with Crippen LogP contribution in [0.4, 0.5) is 5.69 Å². The molecule has 0 saturated carbocycles. The Labute approximate surface area is 100 Å². The van der Waals surface area contributed by atoms with E-state index >= 15 is 0 Å². The fourth-order valence-corrected chi connectivity index (χ4v) is 1.55. The Bertz CT molecular complexity index is 471. The van der Waals surface area contributed by atoms with E-state index in [1.165, 1.54) is 0 Å². The van der Waals surface area contributed by atoms with E-state index < -0.39 is 6.10 Å². The lowest BCUT2D eigenvalue weighted by molar-refractivity contribution is 0.108. The molecule has 2 aromatic carbocycles. The van der Waals surface area contributed by atoms with E-state index in [4.69, 9.17) is 10.5 Å². The predicted molar refractivity (Wildman–Crippen MR) is 67.8 cm³/mol. The molecule has 3 N–H and O–H groups in total. The van der Waals surface area contributed by atoms with Gasteiger partial charge in [0.25, 0.3) is 0 Å². The van der Waals surface area contributed by atoms with Crippen LogP contribution in [0, 0.1) is 0 Å². The van der Waals surface area contributed by atoms with Crippen LogP contribution in [0.5, 0.6) is 5.75 Å². The van der Waals surface area contributed by atoms with E-state index in [9.17, 15) is 5.11 Å². The summed E-state index contributed by atoms with van der Waals surface area (Å²) in [6.45, 7) is 0.216. The van der Waals surface area contributed by atoms with Crippen LogP contribution in [0.3, 0.4) is 0 Å². The number of hydrogen-bond donors (Lipinski definition) is 2. The summed E-state index contributed by atoms with van der Waals surface area (Å²) in [5.41, 5.74) is 7.13. The molecule has 1 atom stereocenters. The van der Waals surface area contributed by atoms with E-state index in [2.05, 4.69) is 0 Å². The molecule has 3 heteroatoms. The zero-order chi connectivity index (χ0) is 12.1. The van der Waals surface area contributed by atoms with Gasteiger partial charge in [0.1, 0.15) is 18.5 Å². The van der Waals surface area contributed by atoms with E-state index in [-0.39, 0.29) is 6.61 Å². The van der Waals surface area contributed by atoms with Crippen molar-refractivity contribution in [1.82, 2.24) is 0 Å². The lowest BCUT2D eigenvalue weighted by atomic mass is 10.1. The first kappa shape index (κ1) is 11.5. The second-order valence-electron chi connectivity index (χ2n) is 3.81. The van der Waals surface area contributed by atoms with Gasteiger partial charge in [-0.2, -0.15) is 0 Å². The lowest BCUT2D eigenvalue weighted by Crippen LogP contribution is -2.09. The zero-order valence-electron chi connectivity index (χ0n) is 9.41. The minimum absolute atomic E-state index is 0.216. The molecule has 0 fully saturated rings. The van der Waals surface area contributed by atoms with Crippen molar-refractivity contribution < 1.29 is 9.84 Å². The highest BCUT2D eigenvalue weighted by Crippen LogP contribution is 2.18. The van der Waals surface area contributed by atoms with Crippen LogP contribution < -0.4 is 10.5 Å². The fourth-order valence-electron chi connectivity index (χ4n) is 1.55. The van der Waals surface area contributed by atoms with Gasteiger partial charge in [-0.15, -0.1) is 0 Å². The Morgan fingerprint density at radius 1 is 1.06 bits per heavy atom. The van der Waals surface area contributed by atoms with Crippen molar-refractivity contribution in [3.8, 4) is 5.75 Å². The van der Waals surface area contributed by atoms with Gasteiger partial charge in [0, 0.05) is 11.8 Å². The number of nitrogens with two attached hydrogens (primary N) is 1. The van der Waals surface area contributed by atoms with Crippen molar-refractivity contribution in [2.75, 3.05) is 12.3 Å². The van der Waals surface area contributed by atoms with Gasteiger partial charge in [0.15, 0.2) is 0 Å². The van der Waals surface area contributed by atoms with Crippen molar-refractivity contribution in [2.24, 2.45) is 0 Å². The number of rotatable bonds is 4. The van der Waals surface area contributed by atoms with Gasteiger partial charge in [0.05, 0.1) is 0 Å². The monoisotopic (exact) mass is 229 g/mol. The first-order valence-corrected chi connectivity index (χ1v) is 5.47. The van der Waals surface area contributed by atoms with Gasteiger partial charge in [-0.3, -0.25) is 0 Å². The van der Waals surface area contributed by atoms with Crippen LogP contribution in [0.15, 0.2) is 54.6 Å². The number of benzene rings is 2. The minimum Gasteiger partial charge on any atom is -0.490 e. The summed E-state index contributed by atoms with van der Waals surface area (Å²) in [4.78, 5) is 0. The lowest BCUT2D eigenvalue weighted by Gasteiger charge is -2.12. The summed E-state index contributed by atoms with van der Waals surface area (Å²) in [5.74, 6) is 0.667. The van der Waals surface area contributed by atoms with Crippen molar-refractivity contribution in [3.63, 3.8) is 0 Å². The molecule has 0 heterocycles. The molecule has 0 radical (unpaired) electrons. The van der Waals surface area contributed by atoms with Crippen molar-refractivity contribution in [1.29, 1.82) is 0 Å². The third-order valence-electron chi connectivity index (χ3n) is 2.45. The molecule has 1 unspecified atom stereocenters. The first-order valence-electron chi connectivity index (χ1n) is 5.47. The largest absolute Gasteiger partial charge is 0.490 e. The Morgan fingerprint density at radius 3 is 2.53 bits per heavy atom.